The van der Waals surface area contributed by atoms with Crippen LogP contribution in [0, 0.1) is 5.82 Å². The number of hydrogen-bond acceptors (Lipinski definition) is 4. The third-order valence-electron chi connectivity index (χ3n) is 3.66. The van der Waals surface area contributed by atoms with Gasteiger partial charge in [0.2, 0.25) is 15.9 Å². The molecule has 26 heavy (non-hydrogen) atoms. The van der Waals surface area contributed by atoms with Crippen molar-refractivity contribution in [3.8, 4) is 0 Å². The van der Waals surface area contributed by atoms with Crippen molar-refractivity contribution in [2.75, 3.05) is 6.54 Å². The number of hydroxylamine groups is 1. The van der Waals surface area contributed by atoms with Gasteiger partial charge >= 0.3 is 0 Å². The van der Waals surface area contributed by atoms with Crippen LogP contribution in [0.4, 0.5) is 4.39 Å². The minimum atomic E-state index is -3.84. The van der Waals surface area contributed by atoms with Gasteiger partial charge in [-0.3, -0.25) is 10.0 Å². The van der Waals surface area contributed by atoms with Gasteiger partial charge in [0.15, 0.2) is 0 Å². The van der Waals surface area contributed by atoms with E-state index >= 15 is 0 Å². The summed E-state index contributed by atoms with van der Waals surface area (Å²) in [6, 6.07) is 11.3. The monoisotopic (exact) mass is 400 g/mol. The summed E-state index contributed by atoms with van der Waals surface area (Å²) in [6.45, 7) is 0.0712. The maximum atomic E-state index is 13.1. The summed E-state index contributed by atoms with van der Waals surface area (Å²) < 4.78 is 40.1. The molecule has 9 heteroatoms. The van der Waals surface area contributed by atoms with Crippen LogP contribution < -0.4 is 5.48 Å². The Morgan fingerprint density at radius 3 is 2.31 bits per heavy atom. The summed E-state index contributed by atoms with van der Waals surface area (Å²) >= 11 is 5.81. The van der Waals surface area contributed by atoms with Gasteiger partial charge in [-0.2, -0.15) is 4.31 Å². The highest BCUT2D eigenvalue weighted by Gasteiger charge is 2.24. The van der Waals surface area contributed by atoms with Crippen LogP contribution in [-0.2, 0) is 21.4 Å². The number of carbonyl (C=O) groups excluding carboxylic acids is 1. The van der Waals surface area contributed by atoms with E-state index in [1.807, 2.05) is 0 Å². The van der Waals surface area contributed by atoms with E-state index in [0.717, 1.165) is 0 Å². The molecule has 0 aromatic heterocycles. The second-order valence-electron chi connectivity index (χ2n) is 5.56. The minimum absolute atomic E-state index is 0.0198. The summed E-state index contributed by atoms with van der Waals surface area (Å²) in [5.74, 6) is -1.02. The topological polar surface area (TPSA) is 86.7 Å². The smallest absolute Gasteiger partial charge is 0.243 e. The first kappa shape index (κ1) is 20.3. The maximum Gasteiger partial charge on any atom is 0.243 e. The van der Waals surface area contributed by atoms with E-state index in [4.69, 9.17) is 16.8 Å². The second kappa shape index (κ2) is 9.09. The quantitative estimate of drug-likeness (QED) is 0.527. The molecule has 1 amide bonds. The van der Waals surface area contributed by atoms with Gasteiger partial charge in [0.25, 0.3) is 0 Å². The molecule has 2 aromatic carbocycles. The highest BCUT2D eigenvalue weighted by atomic mass is 35.5. The molecule has 0 bridgehead atoms. The van der Waals surface area contributed by atoms with Crippen molar-refractivity contribution in [2.45, 2.75) is 24.3 Å². The van der Waals surface area contributed by atoms with Gasteiger partial charge < -0.3 is 0 Å². The lowest BCUT2D eigenvalue weighted by Gasteiger charge is -2.22. The van der Waals surface area contributed by atoms with Gasteiger partial charge in [-0.25, -0.2) is 18.3 Å². The fourth-order valence-electron chi connectivity index (χ4n) is 2.31. The molecule has 6 nitrogen and oxygen atoms in total. The molecule has 2 aromatic rings. The van der Waals surface area contributed by atoms with Crippen LogP contribution in [0.3, 0.4) is 0 Å². The zero-order valence-electron chi connectivity index (χ0n) is 13.7. The molecule has 0 fully saturated rings. The van der Waals surface area contributed by atoms with E-state index < -0.39 is 21.7 Å². The van der Waals surface area contributed by atoms with Crippen molar-refractivity contribution in [2.24, 2.45) is 0 Å². The van der Waals surface area contributed by atoms with Gasteiger partial charge in [-0.15, -0.1) is 0 Å². The van der Waals surface area contributed by atoms with Crippen LogP contribution in [0.25, 0.3) is 0 Å². The third kappa shape index (κ3) is 5.50. The number of nitrogens with zero attached hydrogens (tertiary/aromatic N) is 1. The molecule has 0 aliphatic heterocycles. The van der Waals surface area contributed by atoms with Crippen molar-refractivity contribution < 1.29 is 22.8 Å². The largest absolute Gasteiger partial charge is 0.289 e. The van der Waals surface area contributed by atoms with Crippen LogP contribution >= 0.6 is 11.6 Å². The number of rotatable bonds is 8. The fraction of sp³-hybridized carbons (Fsp3) is 0.235. The molecule has 0 unspecified atom stereocenters. The van der Waals surface area contributed by atoms with Crippen LogP contribution in [0.15, 0.2) is 53.4 Å². The van der Waals surface area contributed by atoms with Crippen molar-refractivity contribution in [3.63, 3.8) is 0 Å². The van der Waals surface area contributed by atoms with E-state index in [9.17, 15) is 17.6 Å². The van der Waals surface area contributed by atoms with Crippen molar-refractivity contribution in [3.05, 3.63) is 64.9 Å². The van der Waals surface area contributed by atoms with Crippen molar-refractivity contribution >= 4 is 27.5 Å². The Hall–Kier alpha value is -2.00. The molecule has 0 aliphatic carbocycles. The molecular formula is C17H18ClFN2O4S. The number of halogens is 2. The molecule has 0 radical (unpaired) electrons. The summed E-state index contributed by atoms with van der Waals surface area (Å²) in [5, 5.41) is 8.96. The lowest BCUT2D eigenvalue weighted by molar-refractivity contribution is -0.129. The summed E-state index contributed by atoms with van der Waals surface area (Å²) in [5.41, 5.74) is 2.12. The fourth-order valence-corrected chi connectivity index (χ4v) is 3.90. The van der Waals surface area contributed by atoms with E-state index in [1.54, 1.807) is 0 Å². The molecule has 2 N–H and O–H groups in total. The van der Waals surface area contributed by atoms with Gasteiger partial charge in [0, 0.05) is 24.5 Å². The van der Waals surface area contributed by atoms with Crippen LogP contribution in [-0.4, -0.2) is 30.4 Å². The van der Waals surface area contributed by atoms with Gasteiger partial charge in [0.1, 0.15) is 5.82 Å². The zero-order valence-corrected chi connectivity index (χ0v) is 15.3. The van der Waals surface area contributed by atoms with Gasteiger partial charge in [0.05, 0.1) is 4.90 Å². The van der Waals surface area contributed by atoms with Gasteiger partial charge in [-0.05, 0) is 48.4 Å². The summed E-state index contributed by atoms with van der Waals surface area (Å²) in [6.07, 6.45) is 0.174. The predicted molar refractivity (Wildman–Crippen MR) is 94.6 cm³/mol. The Kier molecular flexibility index (Phi) is 7.10. The Bertz CT molecular complexity index is 842. The molecule has 0 aliphatic rings. The SMILES string of the molecule is O=C(CCCN(Cc1ccc(F)cc1)S(=O)(=O)c1ccc(Cl)cc1)NO. The van der Waals surface area contributed by atoms with Crippen molar-refractivity contribution in [1.29, 1.82) is 0 Å². The Labute approximate surface area is 156 Å². The second-order valence-corrected chi connectivity index (χ2v) is 7.93. The van der Waals surface area contributed by atoms with Crippen LogP contribution in [0.2, 0.25) is 5.02 Å². The molecule has 2 rings (SSSR count). The first-order valence-corrected chi connectivity index (χ1v) is 9.58. The lowest BCUT2D eigenvalue weighted by atomic mass is 10.2. The molecule has 0 saturated carbocycles. The lowest BCUT2D eigenvalue weighted by Crippen LogP contribution is -2.32. The maximum absolute atomic E-state index is 13.1. The van der Waals surface area contributed by atoms with Gasteiger partial charge in [-0.1, -0.05) is 23.7 Å². The van der Waals surface area contributed by atoms with E-state index in [2.05, 4.69) is 0 Å². The van der Waals surface area contributed by atoms with Crippen molar-refractivity contribution in [1.82, 2.24) is 9.79 Å². The van der Waals surface area contributed by atoms with E-state index in [0.29, 0.717) is 10.6 Å². The average molecular weight is 401 g/mol. The summed E-state index contributed by atoms with van der Waals surface area (Å²) in [7, 11) is -3.84. The number of amides is 1. The zero-order chi connectivity index (χ0) is 19.2. The molecular weight excluding hydrogens is 383 g/mol. The number of carbonyl (C=O) groups is 1. The van der Waals surface area contributed by atoms with Crippen LogP contribution in [0.1, 0.15) is 18.4 Å². The highest BCUT2D eigenvalue weighted by molar-refractivity contribution is 7.89. The average Bonchev–Trinajstić information content (AvgIpc) is 2.62. The number of sulfonamides is 1. The number of nitrogens with one attached hydrogen (secondary N) is 1. The molecule has 0 spiro atoms. The minimum Gasteiger partial charge on any atom is -0.289 e. The number of benzene rings is 2. The van der Waals surface area contributed by atoms with Crippen LogP contribution in [0.5, 0.6) is 0 Å². The summed E-state index contributed by atoms with van der Waals surface area (Å²) in [4.78, 5) is 11.2. The number of hydrogen-bond donors (Lipinski definition) is 2. The molecule has 140 valence electrons. The third-order valence-corrected chi connectivity index (χ3v) is 5.77. The van der Waals surface area contributed by atoms with E-state index in [-0.39, 0.29) is 30.8 Å². The Balaban J connectivity index is 2.24. The normalized spacial score (nSPS) is 11.5. The Morgan fingerprint density at radius 1 is 1.12 bits per heavy atom. The predicted octanol–water partition coefficient (Wildman–Crippen LogP) is 2.96. The highest BCUT2D eigenvalue weighted by Crippen LogP contribution is 2.21. The molecule has 0 atom stereocenters. The Morgan fingerprint density at radius 2 is 1.73 bits per heavy atom. The van der Waals surface area contributed by atoms with E-state index in [1.165, 1.54) is 58.3 Å². The standard InChI is InChI=1S/C17H18ClFN2O4S/c18-14-5-9-16(10-6-14)26(24,25)21(11-1-2-17(22)20-23)12-13-3-7-15(19)8-4-13/h3-10,23H,1-2,11-12H2,(H,20,22). The molecule has 0 heterocycles. The first-order valence-electron chi connectivity index (χ1n) is 7.76. The first-order chi connectivity index (χ1) is 12.3. The molecule has 0 saturated heterocycles.